The molecule has 3 rings (SSSR count). The molecule has 0 saturated heterocycles. The van der Waals surface area contributed by atoms with Crippen molar-refractivity contribution in [2.45, 2.75) is 13.8 Å². The molecule has 2 N–H and O–H groups in total. The number of anilines is 1. The second-order valence-electron chi connectivity index (χ2n) is 4.97. The molecule has 1 aromatic carbocycles. The number of nitrogen functional groups attached to an aromatic ring is 1. The molecule has 3 aromatic rings. The van der Waals surface area contributed by atoms with E-state index in [0.717, 1.165) is 11.4 Å². The van der Waals surface area contributed by atoms with Crippen LogP contribution in [0.5, 0.6) is 0 Å². The van der Waals surface area contributed by atoms with Crippen molar-refractivity contribution in [3.05, 3.63) is 63.4 Å². The summed E-state index contributed by atoms with van der Waals surface area (Å²) >= 11 is 1.33. The summed E-state index contributed by atoms with van der Waals surface area (Å²) in [5, 5.41) is 2.27. The Bertz CT molecular complexity index is 847. The quantitative estimate of drug-likeness (QED) is 0.790. The Balaban J connectivity index is 2.18. The molecule has 4 nitrogen and oxygen atoms in total. The SMILES string of the molecule is Cc1ccc(-n2cc(-c3csc(N)n3)c(=O)cc2C)cc1. The van der Waals surface area contributed by atoms with Crippen molar-refractivity contribution >= 4 is 16.5 Å². The van der Waals surface area contributed by atoms with Crippen molar-refractivity contribution < 1.29 is 0 Å². The number of aryl methyl sites for hydroxylation is 2. The van der Waals surface area contributed by atoms with Gasteiger partial charge in [0.25, 0.3) is 0 Å². The van der Waals surface area contributed by atoms with E-state index in [4.69, 9.17) is 5.73 Å². The largest absolute Gasteiger partial charge is 0.375 e. The average molecular weight is 297 g/mol. The predicted octanol–water partition coefficient (Wildman–Crippen LogP) is 3.16. The highest BCUT2D eigenvalue weighted by Crippen LogP contribution is 2.22. The van der Waals surface area contributed by atoms with Crippen molar-refractivity contribution in [1.82, 2.24) is 9.55 Å². The fraction of sp³-hybridized carbons (Fsp3) is 0.125. The van der Waals surface area contributed by atoms with Crippen LogP contribution in [0.1, 0.15) is 11.3 Å². The van der Waals surface area contributed by atoms with Crippen LogP contribution in [0.4, 0.5) is 5.13 Å². The number of aromatic nitrogens is 2. The number of hydrogen-bond acceptors (Lipinski definition) is 4. The zero-order valence-electron chi connectivity index (χ0n) is 11.8. The predicted molar refractivity (Wildman–Crippen MR) is 87.0 cm³/mol. The summed E-state index contributed by atoms with van der Waals surface area (Å²) in [5.41, 5.74) is 9.91. The van der Waals surface area contributed by atoms with Gasteiger partial charge in [0.15, 0.2) is 10.6 Å². The van der Waals surface area contributed by atoms with Crippen LogP contribution >= 0.6 is 11.3 Å². The van der Waals surface area contributed by atoms with Crippen LogP contribution in [-0.4, -0.2) is 9.55 Å². The van der Waals surface area contributed by atoms with E-state index in [0.29, 0.717) is 16.4 Å². The summed E-state index contributed by atoms with van der Waals surface area (Å²) in [5.74, 6) is 0. The highest BCUT2D eigenvalue weighted by Gasteiger charge is 2.10. The lowest BCUT2D eigenvalue weighted by Gasteiger charge is -2.12. The molecule has 0 aliphatic rings. The molecule has 0 radical (unpaired) electrons. The highest BCUT2D eigenvalue weighted by molar-refractivity contribution is 7.13. The summed E-state index contributed by atoms with van der Waals surface area (Å²) in [4.78, 5) is 16.4. The standard InChI is InChI=1S/C16H15N3OS/c1-10-3-5-12(6-4-10)19-8-13(15(20)7-11(19)2)14-9-21-16(17)18-14/h3-9H,1-2H3,(H2,17,18). The molecule has 0 amide bonds. The topological polar surface area (TPSA) is 60.9 Å². The van der Waals surface area contributed by atoms with Gasteiger partial charge in [0.2, 0.25) is 0 Å². The summed E-state index contributed by atoms with van der Waals surface area (Å²) in [6.07, 6.45) is 1.83. The lowest BCUT2D eigenvalue weighted by molar-refractivity contribution is 0.974. The maximum absolute atomic E-state index is 12.2. The summed E-state index contributed by atoms with van der Waals surface area (Å²) < 4.78 is 1.99. The number of nitrogens with zero attached hydrogens (tertiary/aromatic N) is 2. The number of thiazole rings is 1. The molecule has 0 aliphatic carbocycles. The van der Waals surface area contributed by atoms with Crippen molar-refractivity contribution in [2.24, 2.45) is 0 Å². The molecule has 0 unspecified atom stereocenters. The molecule has 106 valence electrons. The zero-order chi connectivity index (χ0) is 15.0. The molecule has 21 heavy (non-hydrogen) atoms. The van der Waals surface area contributed by atoms with Gasteiger partial charge in [-0.25, -0.2) is 4.98 Å². The van der Waals surface area contributed by atoms with Crippen LogP contribution in [-0.2, 0) is 0 Å². The summed E-state index contributed by atoms with van der Waals surface area (Å²) in [7, 11) is 0. The maximum atomic E-state index is 12.2. The monoisotopic (exact) mass is 297 g/mol. The molecule has 0 spiro atoms. The fourth-order valence-electron chi connectivity index (χ4n) is 2.22. The first-order valence-electron chi connectivity index (χ1n) is 6.56. The van der Waals surface area contributed by atoms with E-state index >= 15 is 0 Å². The average Bonchev–Trinajstić information content (AvgIpc) is 2.87. The van der Waals surface area contributed by atoms with Crippen molar-refractivity contribution in [3.63, 3.8) is 0 Å². The highest BCUT2D eigenvalue weighted by atomic mass is 32.1. The van der Waals surface area contributed by atoms with Gasteiger partial charge in [0.1, 0.15) is 0 Å². The van der Waals surface area contributed by atoms with E-state index in [9.17, 15) is 4.79 Å². The van der Waals surface area contributed by atoms with Gasteiger partial charge in [0.05, 0.1) is 11.3 Å². The van der Waals surface area contributed by atoms with Gasteiger partial charge < -0.3 is 10.3 Å². The number of benzene rings is 1. The molecule has 0 aliphatic heterocycles. The Morgan fingerprint density at radius 3 is 2.52 bits per heavy atom. The van der Waals surface area contributed by atoms with E-state index in [1.807, 2.05) is 48.9 Å². The van der Waals surface area contributed by atoms with Crippen molar-refractivity contribution in [2.75, 3.05) is 5.73 Å². The molecule has 0 bridgehead atoms. The van der Waals surface area contributed by atoms with Crippen LogP contribution in [0.3, 0.4) is 0 Å². The molecule has 0 fully saturated rings. The molecule has 0 saturated carbocycles. The minimum atomic E-state index is -0.0406. The molecular weight excluding hydrogens is 282 g/mol. The molecule has 0 atom stereocenters. The fourth-order valence-corrected chi connectivity index (χ4v) is 2.78. The lowest BCUT2D eigenvalue weighted by Crippen LogP contribution is -2.11. The minimum absolute atomic E-state index is 0.0406. The third kappa shape index (κ3) is 2.60. The van der Waals surface area contributed by atoms with E-state index in [1.165, 1.54) is 16.9 Å². The Morgan fingerprint density at radius 2 is 1.90 bits per heavy atom. The van der Waals surface area contributed by atoms with Gasteiger partial charge in [0, 0.05) is 29.0 Å². The van der Waals surface area contributed by atoms with Crippen LogP contribution in [0, 0.1) is 13.8 Å². The Morgan fingerprint density at radius 1 is 1.19 bits per heavy atom. The van der Waals surface area contributed by atoms with Gasteiger partial charge >= 0.3 is 0 Å². The third-order valence-corrected chi connectivity index (χ3v) is 4.03. The first kappa shape index (κ1) is 13.6. The Kier molecular flexibility index (Phi) is 3.35. The summed E-state index contributed by atoms with van der Waals surface area (Å²) in [6.45, 7) is 3.96. The Labute approximate surface area is 126 Å². The third-order valence-electron chi connectivity index (χ3n) is 3.35. The van der Waals surface area contributed by atoms with Crippen LogP contribution < -0.4 is 11.2 Å². The van der Waals surface area contributed by atoms with E-state index < -0.39 is 0 Å². The van der Waals surface area contributed by atoms with Gasteiger partial charge in [-0.05, 0) is 26.0 Å². The number of hydrogen-bond donors (Lipinski definition) is 1. The van der Waals surface area contributed by atoms with E-state index in [-0.39, 0.29) is 5.43 Å². The smallest absolute Gasteiger partial charge is 0.191 e. The summed E-state index contributed by atoms with van der Waals surface area (Å²) in [6, 6.07) is 9.80. The molecule has 2 aromatic heterocycles. The molecule has 5 heteroatoms. The minimum Gasteiger partial charge on any atom is -0.375 e. The second kappa shape index (κ2) is 5.18. The Hall–Kier alpha value is -2.40. The number of nitrogens with two attached hydrogens (primary N) is 1. The van der Waals surface area contributed by atoms with Gasteiger partial charge in [-0.1, -0.05) is 17.7 Å². The molecule has 2 heterocycles. The lowest BCUT2D eigenvalue weighted by atomic mass is 10.1. The van der Waals surface area contributed by atoms with Crippen molar-refractivity contribution in [3.8, 4) is 16.9 Å². The van der Waals surface area contributed by atoms with Crippen LogP contribution in [0.15, 0.2) is 46.7 Å². The van der Waals surface area contributed by atoms with Gasteiger partial charge in [-0.2, -0.15) is 0 Å². The number of pyridine rings is 1. The normalized spacial score (nSPS) is 10.8. The van der Waals surface area contributed by atoms with Crippen molar-refractivity contribution in [1.29, 1.82) is 0 Å². The van der Waals surface area contributed by atoms with Gasteiger partial charge in [-0.15, -0.1) is 11.3 Å². The van der Waals surface area contributed by atoms with Crippen LogP contribution in [0.25, 0.3) is 16.9 Å². The first-order chi connectivity index (χ1) is 10.0. The van der Waals surface area contributed by atoms with E-state index in [2.05, 4.69) is 4.98 Å². The van der Waals surface area contributed by atoms with Gasteiger partial charge in [-0.3, -0.25) is 4.79 Å². The maximum Gasteiger partial charge on any atom is 0.191 e. The molecular formula is C16H15N3OS. The second-order valence-corrected chi connectivity index (χ2v) is 5.86. The first-order valence-corrected chi connectivity index (χ1v) is 7.44. The number of rotatable bonds is 2. The van der Waals surface area contributed by atoms with Crippen LogP contribution in [0.2, 0.25) is 0 Å². The van der Waals surface area contributed by atoms with E-state index in [1.54, 1.807) is 11.4 Å². The zero-order valence-corrected chi connectivity index (χ0v) is 12.6.